The molecule has 3 rings (SSSR count). The second-order valence-electron chi connectivity index (χ2n) is 11.3. The lowest BCUT2D eigenvalue weighted by atomic mass is 9.74. The lowest BCUT2D eigenvalue weighted by molar-refractivity contribution is -0.173. The third-order valence-electron chi connectivity index (χ3n) is 6.36. The van der Waals surface area contributed by atoms with Crippen LogP contribution in [-0.2, 0) is 19.1 Å². The van der Waals surface area contributed by atoms with Gasteiger partial charge < -0.3 is 19.7 Å². The standard InChI is InChI=1S/C22H33F3N2O5/c1-20(2,3)18(29)31-17-13-8-11-7-12(15(13)26-19(30)32-21(4,5)6)16(17)27(10-11)14(28)9-22(23,24)25/h11-13,15-17H,7-10H2,1-6H3,(H,26,30)/t11?,12-,13?,15?,16?,17-/m0/s1. The number of alkyl halides is 3. The number of carbonyl (C=O) groups is 3. The molecule has 7 nitrogen and oxygen atoms in total. The molecule has 10 heteroatoms. The van der Waals surface area contributed by atoms with E-state index in [1.54, 1.807) is 41.5 Å². The van der Waals surface area contributed by atoms with Crippen molar-refractivity contribution in [2.45, 2.75) is 90.8 Å². The van der Waals surface area contributed by atoms with Crippen molar-refractivity contribution in [1.29, 1.82) is 0 Å². The summed E-state index contributed by atoms with van der Waals surface area (Å²) in [6.45, 7) is 10.5. The Morgan fingerprint density at radius 2 is 1.59 bits per heavy atom. The molecule has 2 amide bonds. The van der Waals surface area contributed by atoms with E-state index in [0.29, 0.717) is 12.8 Å². The van der Waals surface area contributed by atoms with Gasteiger partial charge in [-0.1, -0.05) is 0 Å². The van der Waals surface area contributed by atoms with Gasteiger partial charge in [0, 0.05) is 24.4 Å². The molecule has 32 heavy (non-hydrogen) atoms. The number of piperidine rings is 1. The molecule has 0 aromatic heterocycles. The predicted molar refractivity (Wildman–Crippen MR) is 108 cm³/mol. The molecule has 0 radical (unpaired) electrons. The average Bonchev–Trinajstić information content (AvgIpc) is 2.70. The SMILES string of the molecule is CC(C)(C)OC(=O)NC1C2CC3C[C@@H]1C([C@H]2OC(=O)C(C)(C)C)N(C(=O)CC(F)(F)F)C3. The maximum Gasteiger partial charge on any atom is 0.407 e. The molecule has 3 aliphatic rings. The number of carbonyl (C=O) groups excluding carboxylic acids is 3. The number of ether oxygens (including phenoxy) is 2. The maximum absolute atomic E-state index is 13.0. The highest BCUT2D eigenvalue weighted by atomic mass is 19.4. The monoisotopic (exact) mass is 462 g/mol. The number of hydrogen-bond acceptors (Lipinski definition) is 5. The van der Waals surface area contributed by atoms with Crippen molar-refractivity contribution in [3.8, 4) is 0 Å². The Kier molecular flexibility index (Phi) is 6.23. The van der Waals surface area contributed by atoms with Crippen LogP contribution in [0.15, 0.2) is 0 Å². The third-order valence-corrected chi connectivity index (χ3v) is 6.36. The van der Waals surface area contributed by atoms with Gasteiger partial charge in [-0.15, -0.1) is 0 Å². The third kappa shape index (κ3) is 5.31. The van der Waals surface area contributed by atoms with Crippen molar-refractivity contribution in [2.75, 3.05) is 6.54 Å². The largest absolute Gasteiger partial charge is 0.459 e. The fraction of sp³-hybridized carbons (Fsp3) is 0.864. The van der Waals surface area contributed by atoms with Gasteiger partial charge in [-0.25, -0.2) is 4.79 Å². The van der Waals surface area contributed by atoms with Gasteiger partial charge in [0.2, 0.25) is 5.91 Å². The van der Waals surface area contributed by atoms with Gasteiger partial charge in [0.1, 0.15) is 18.1 Å². The van der Waals surface area contributed by atoms with Crippen molar-refractivity contribution in [2.24, 2.45) is 23.2 Å². The van der Waals surface area contributed by atoms with Crippen molar-refractivity contribution < 1.29 is 37.0 Å². The quantitative estimate of drug-likeness (QED) is 0.647. The van der Waals surface area contributed by atoms with E-state index in [1.165, 1.54) is 4.90 Å². The van der Waals surface area contributed by atoms with Gasteiger partial charge in [-0.3, -0.25) is 9.59 Å². The summed E-state index contributed by atoms with van der Waals surface area (Å²) < 4.78 is 50.1. The van der Waals surface area contributed by atoms with Crippen LogP contribution in [-0.4, -0.2) is 59.4 Å². The molecule has 0 aromatic carbocycles. The molecular formula is C22H33F3N2O5. The zero-order chi connectivity index (χ0) is 24.2. The Hall–Kier alpha value is -2.00. The lowest BCUT2D eigenvalue weighted by Crippen LogP contribution is -2.57. The Morgan fingerprint density at radius 3 is 2.12 bits per heavy atom. The summed E-state index contributed by atoms with van der Waals surface area (Å²) in [5.74, 6) is -2.13. The van der Waals surface area contributed by atoms with Crippen LogP contribution in [0.3, 0.4) is 0 Å². The van der Waals surface area contributed by atoms with Crippen LogP contribution in [0.5, 0.6) is 0 Å². The molecule has 1 heterocycles. The summed E-state index contributed by atoms with van der Waals surface area (Å²) in [5.41, 5.74) is -1.53. The molecule has 6 atom stereocenters. The summed E-state index contributed by atoms with van der Waals surface area (Å²) in [5, 5.41) is 2.86. The van der Waals surface area contributed by atoms with Gasteiger partial charge in [-0.2, -0.15) is 13.2 Å². The van der Waals surface area contributed by atoms with Crippen LogP contribution in [0, 0.1) is 23.2 Å². The number of hydrogen-bond donors (Lipinski definition) is 1. The van der Waals surface area contributed by atoms with Crippen molar-refractivity contribution >= 4 is 18.0 Å². The molecule has 1 aliphatic heterocycles. The highest BCUT2D eigenvalue weighted by molar-refractivity contribution is 5.78. The van der Waals surface area contributed by atoms with Gasteiger partial charge in [0.25, 0.3) is 0 Å². The average molecular weight is 463 g/mol. The molecule has 0 aromatic rings. The number of nitrogens with one attached hydrogen (secondary N) is 1. The molecule has 4 unspecified atom stereocenters. The lowest BCUT2D eigenvalue weighted by Gasteiger charge is -2.45. The van der Waals surface area contributed by atoms with Crippen LogP contribution in [0.1, 0.15) is 60.8 Å². The Balaban J connectivity index is 1.90. The molecule has 3 bridgehead atoms. The van der Waals surface area contributed by atoms with E-state index >= 15 is 0 Å². The fourth-order valence-electron chi connectivity index (χ4n) is 5.28. The molecule has 182 valence electrons. The normalized spacial score (nSPS) is 32.0. The first-order chi connectivity index (χ1) is 14.5. The summed E-state index contributed by atoms with van der Waals surface area (Å²) in [6, 6.07) is -1.16. The predicted octanol–water partition coefficient (Wildman–Crippen LogP) is 3.66. The summed E-state index contributed by atoms with van der Waals surface area (Å²) in [7, 11) is 0. The first-order valence-corrected chi connectivity index (χ1v) is 11.0. The van der Waals surface area contributed by atoms with E-state index in [9.17, 15) is 27.6 Å². The minimum atomic E-state index is -4.63. The summed E-state index contributed by atoms with van der Waals surface area (Å²) in [4.78, 5) is 39.0. The second kappa shape index (κ2) is 8.09. The number of halogens is 3. The van der Waals surface area contributed by atoms with Crippen LogP contribution in [0.25, 0.3) is 0 Å². The number of fused-ring (bicyclic) bond motifs is 2. The Morgan fingerprint density at radius 1 is 1.00 bits per heavy atom. The van der Waals surface area contributed by atoms with Crippen LogP contribution >= 0.6 is 0 Å². The zero-order valence-electron chi connectivity index (χ0n) is 19.4. The van der Waals surface area contributed by atoms with Crippen LogP contribution in [0.2, 0.25) is 0 Å². The first kappa shape index (κ1) is 24.6. The Labute approximate surface area is 186 Å². The van der Waals surface area contributed by atoms with Gasteiger partial charge in [-0.05, 0) is 60.3 Å². The number of rotatable bonds is 3. The van der Waals surface area contributed by atoms with E-state index in [2.05, 4.69) is 5.32 Å². The van der Waals surface area contributed by atoms with Gasteiger partial charge in [0.05, 0.1) is 11.5 Å². The summed E-state index contributed by atoms with van der Waals surface area (Å²) in [6.07, 6.45) is -6.41. The molecule has 1 saturated heterocycles. The Bertz CT molecular complexity index is 771. The fourth-order valence-corrected chi connectivity index (χ4v) is 5.28. The number of nitrogens with zero attached hydrogens (tertiary/aromatic N) is 1. The van der Waals surface area contributed by atoms with E-state index in [-0.39, 0.29) is 24.3 Å². The molecule has 3 fully saturated rings. The smallest absolute Gasteiger partial charge is 0.407 e. The highest BCUT2D eigenvalue weighted by Crippen LogP contribution is 2.52. The van der Waals surface area contributed by atoms with Crippen LogP contribution in [0.4, 0.5) is 18.0 Å². The van der Waals surface area contributed by atoms with Crippen molar-refractivity contribution in [3.05, 3.63) is 0 Å². The van der Waals surface area contributed by atoms with Gasteiger partial charge >= 0.3 is 18.2 Å². The topological polar surface area (TPSA) is 84.9 Å². The maximum atomic E-state index is 13.0. The summed E-state index contributed by atoms with van der Waals surface area (Å²) >= 11 is 0. The number of amides is 2. The molecule has 2 saturated carbocycles. The second-order valence-corrected chi connectivity index (χ2v) is 11.3. The van der Waals surface area contributed by atoms with E-state index in [0.717, 1.165) is 0 Å². The minimum Gasteiger partial charge on any atom is -0.459 e. The molecule has 0 spiro atoms. The first-order valence-electron chi connectivity index (χ1n) is 11.0. The molecule has 2 aliphatic carbocycles. The van der Waals surface area contributed by atoms with Gasteiger partial charge in [0.15, 0.2) is 0 Å². The van der Waals surface area contributed by atoms with E-state index < -0.39 is 59.8 Å². The van der Waals surface area contributed by atoms with E-state index in [1.807, 2.05) is 0 Å². The number of alkyl carbamates (subject to hydrolysis) is 1. The number of likely N-dealkylation sites (tertiary alicyclic amines) is 1. The van der Waals surface area contributed by atoms with Crippen molar-refractivity contribution in [1.82, 2.24) is 10.2 Å². The van der Waals surface area contributed by atoms with Crippen LogP contribution < -0.4 is 5.32 Å². The van der Waals surface area contributed by atoms with E-state index in [4.69, 9.17) is 9.47 Å². The highest BCUT2D eigenvalue weighted by Gasteiger charge is 2.63. The van der Waals surface area contributed by atoms with Crippen molar-refractivity contribution in [3.63, 3.8) is 0 Å². The zero-order valence-corrected chi connectivity index (χ0v) is 19.4. The number of esters is 1. The molecule has 1 N–H and O–H groups in total. The minimum absolute atomic E-state index is 0.00606. The molecular weight excluding hydrogens is 429 g/mol.